The molecule has 2 rings (SSSR count). The van der Waals surface area contributed by atoms with E-state index in [0.717, 1.165) is 11.3 Å². The van der Waals surface area contributed by atoms with Gasteiger partial charge in [-0.15, -0.1) is 10.2 Å². The minimum atomic E-state index is -3.65. The Morgan fingerprint density at radius 1 is 1.33 bits per heavy atom. The van der Waals surface area contributed by atoms with Crippen molar-refractivity contribution in [2.75, 3.05) is 4.72 Å². The van der Waals surface area contributed by atoms with E-state index in [-0.39, 0.29) is 15.0 Å². The molecule has 18 heavy (non-hydrogen) atoms. The summed E-state index contributed by atoms with van der Waals surface area (Å²) in [6, 6.07) is 5.96. The third kappa shape index (κ3) is 2.81. The maximum atomic E-state index is 11.9. The van der Waals surface area contributed by atoms with E-state index in [1.54, 1.807) is 12.1 Å². The van der Waals surface area contributed by atoms with Gasteiger partial charge in [0.2, 0.25) is 5.13 Å². The lowest BCUT2D eigenvalue weighted by Gasteiger charge is -2.05. The van der Waals surface area contributed by atoms with E-state index in [0.29, 0.717) is 5.56 Å². The average Bonchev–Trinajstić information content (AvgIpc) is 2.81. The molecule has 1 aromatic heterocycles. The van der Waals surface area contributed by atoms with Crippen LogP contribution in [0.3, 0.4) is 0 Å². The number of benzene rings is 1. The average molecular weight is 300 g/mol. The predicted molar refractivity (Wildman–Crippen MR) is 73.0 cm³/mol. The quantitative estimate of drug-likeness (QED) is 0.817. The van der Waals surface area contributed by atoms with Crippen molar-refractivity contribution in [3.8, 4) is 0 Å². The molecule has 0 atom stereocenters. The fourth-order valence-corrected chi connectivity index (χ4v) is 3.02. The van der Waals surface area contributed by atoms with E-state index in [4.69, 9.17) is 18.0 Å². The second-order valence-corrected chi connectivity index (χ2v) is 6.19. The highest BCUT2D eigenvalue weighted by Crippen LogP contribution is 2.17. The first-order valence-corrected chi connectivity index (χ1v) is 7.45. The Hall–Kier alpha value is -1.58. The predicted octanol–water partition coefficient (Wildman–Crippen LogP) is 0.973. The summed E-state index contributed by atoms with van der Waals surface area (Å²) in [6.07, 6.45) is 0. The Bertz CT molecular complexity index is 650. The van der Waals surface area contributed by atoms with E-state index >= 15 is 0 Å². The van der Waals surface area contributed by atoms with Gasteiger partial charge in [0.1, 0.15) is 10.5 Å². The number of nitrogens with zero attached hydrogens (tertiary/aromatic N) is 2. The van der Waals surface area contributed by atoms with Gasteiger partial charge in [-0.25, -0.2) is 8.42 Å². The summed E-state index contributed by atoms with van der Waals surface area (Å²) >= 11 is 5.89. The number of thiocarbonyl (C=S) groups is 1. The number of hydrogen-bond acceptors (Lipinski definition) is 6. The number of hydrogen-bond donors (Lipinski definition) is 2. The van der Waals surface area contributed by atoms with Crippen LogP contribution in [0.5, 0.6) is 0 Å². The molecule has 0 aliphatic heterocycles. The molecule has 6 nitrogen and oxygen atoms in total. The summed E-state index contributed by atoms with van der Waals surface area (Å²) in [5, 5.41) is 7.37. The van der Waals surface area contributed by atoms with E-state index in [1.807, 2.05) is 0 Å². The van der Waals surface area contributed by atoms with Crippen LogP contribution in [-0.4, -0.2) is 23.6 Å². The number of sulfonamides is 1. The van der Waals surface area contributed by atoms with Gasteiger partial charge in [0.25, 0.3) is 10.0 Å². The van der Waals surface area contributed by atoms with Crippen LogP contribution >= 0.6 is 23.6 Å². The van der Waals surface area contributed by atoms with E-state index in [9.17, 15) is 8.42 Å². The highest BCUT2D eigenvalue weighted by Gasteiger charge is 2.15. The van der Waals surface area contributed by atoms with Crippen LogP contribution in [0, 0.1) is 0 Å². The van der Waals surface area contributed by atoms with Gasteiger partial charge in [-0.1, -0.05) is 35.7 Å². The highest BCUT2D eigenvalue weighted by atomic mass is 32.2. The van der Waals surface area contributed by atoms with Crippen molar-refractivity contribution in [1.29, 1.82) is 0 Å². The lowest BCUT2D eigenvalue weighted by Crippen LogP contribution is -2.14. The van der Waals surface area contributed by atoms with Gasteiger partial charge in [0.15, 0.2) is 0 Å². The maximum absolute atomic E-state index is 11.9. The molecule has 0 saturated heterocycles. The molecule has 9 heteroatoms. The largest absolute Gasteiger partial charge is 0.389 e. The third-order valence-corrected chi connectivity index (χ3v) is 4.36. The second kappa shape index (κ2) is 4.96. The highest BCUT2D eigenvalue weighted by molar-refractivity contribution is 7.93. The van der Waals surface area contributed by atoms with Crippen LogP contribution in [0.1, 0.15) is 5.56 Å². The summed E-state index contributed by atoms with van der Waals surface area (Å²) in [5.41, 5.74) is 7.48. The molecule has 0 fully saturated rings. The molecule has 0 amide bonds. The fourth-order valence-electron chi connectivity index (χ4n) is 1.19. The molecule has 0 aliphatic rings. The minimum absolute atomic E-state index is 0.109. The zero-order chi connectivity index (χ0) is 13.2. The van der Waals surface area contributed by atoms with Gasteiger partial charge in [-0.05, 0) is 12.1 Å². The van der Waals surface area contributed by atoms with Gasteiger partial charge in [0, 0.05) is 5.56 Å². The van der Waals surface area contributed by atoms with E-state index in [2.05, 4.69) is 14.9 Å². The zero-order valence-corrected chi connectivity index (χ0v) is 11.3. The summed E-state index contributed by atoms with van der Waals surface area (Å²) < 4.78 is 26.2. The molecular formula is C9H8N4O2S3. The van der Waals surface area contributed by atoms with Crippen molar-refractivity contribution in [2.45, 2.75) is 4.90 Å². The Morgan fingerprint density at radius 2 is 2.00 bits per heavy atom. The Morgan fingerprint density at radius 3 is 2.50 bits per heavy atom. The Balaban J connectivity index is 2.27. The first-order valence-electron chi connectivity index (χ1n) is 4.68. The van der Waals surface area contributed by atoms with Crippen LogP contribution in [0.15, 0.2) is 34.7 Å². The molecular weight excluding hydrogens is 292 g/mol. The number of anilines is 1. The van der Waals surface area contributed by atoms with Crippen molar-refractivity contribution < 1.29 is 8.42 Å². The van der Waals surface area contributed by atoms with Crippen LogP contribution < -0.4 is 10.5 Å². The third-order valence-electron chi connectivity index (χ3n) is 2.03. The normalized spacial score (nSPS) is 11.1. The maximum Gasteiger partial charge on any atom is 0.263 e. The molecule has 0 spiro atoms. The van der Waals surface area contributed by atoms with Gasteiger partial charge < -0.3 is 5.73 Å². The van der Waals surface area contributed by atoms with Crippen molar-refractivity contribution in [1.82, 2.24) is 10.2 Å². The van der Waals surface area contributed by atoms with Gasteiger partial charge in [-0.3, -0.25) is 4.72 Å². The molecule has 0 radical (unpaired) electrons. The standard InChI is InChI=1S/C9H8N4O2S3/c10-8(16)6-1-3-7(4-2-6)18(14,15)13-9-12-11-5-17-9/h1-5H,(H2,10,16)(H,12,13). The molecule has 0 bridgehead atoms. The monoisotopic (exact) mass is 300 g/mol. The number of aromatic nitrogens is 2. The van der Waals surface area contributed by atoms with Crippen LogP contribution in [0.4, 0.5) is 5.13 Å². The summed E-state index contributed by atoms with van der Waals surface area (Å²) in [5.74, 6) is 0. The zero-order valence-electron chi connectivity index (χ0n) is 8.90. The second-order valence-electron chi connectivity index (χ2n) is 3.24. The first-order chi connectivity index (χ1) is 8.49. The number of nitrogens with one attached hydrogen (secondary N) is 1. The number of nitrogens with two attached hydrogens (primary N) is 1. The Kier molecular flexibility index (Phi) is 3.55. The van der Waals surface area contributed by atoms with E-state index in [1.165, 1.54) is 17.6 Å². The van der Waals surface area contributed by atoms with Crippen molar-refractivity contribution in [3.05, 3.63) is 35.3 Å². The van der Waals surface area contributed by atoms with Gasteiger partial charge in [0.05, 0.1) is 4.90 Å². The van der Waals surface area contributed by atoms with Crippen molar-refractivity contribution in [2.24, 2.45) is 5.73 Å². The van der Waals surface area contributed by atoms with Crippen LogP contribution in [-0.2, 0) is 10.0 Å². The van der Waals surface area contributed by atoms with Crippen molar-refractivity contribution in [3.63, 3.8) is 0 Å². The molecule has 1 heterocycles. The molecule has 0 unspecified atom stereocenters. The van der Waals surface area contributed by atoms with Crippen LogP contribution in [0.25, 0.3) is 0 Å². The lowest BCUT2D eigenvalue weighted by atomic mass is 10.2. The van der Waals surface area contributed by atoms with E-state index < -0.39 is 10.0 Å². The fraction of sp³-hybridized carbons (Fsp3) is 0. The summed E-state index contributed by atoms with van der Waals surface area (Å²) in [4.78, 5) is 0.328. The molecule has 3 N–H and O–H groups in total. The van der Waals surface area contributed by atoms with Crippen LogP contribution in [0.2, 0.25) is 0 Å². The minimum Gasteiger partial charge on any atom is -0.389 e. The Labute approximate surface area is 113 Å². The molecule has 0 aliphatic carbocycles. The molecule has 94 valence electrons. The summed E-state index contributed by atoms with van der Waals surface area (Å²) in [7, 11) is -3.65. The smallest absolute Gasteiger partial charge is 0.263 e. The molecule has 2 aromatic rings. The SMILES string of the molecule is NC(=S)c1ccc(S(=O)(=O)Nc2nncs2)cc1. The molecule has 0 saturated carbocycles. The first kappa shape index (κ1) is 12.9. The van der Waals surface area contributed by atoms with Gasteiger partial charge >= 0.3 is 0 Å². The summed E-state index contributed by atoms with van der Waals surface area (Å²) in [6.45, 7) is 0. The topological polar surface area (TPSA) is 98.0 Å². The van der Waals surface area contributed by atoms with Crippen molar-refractivity contribution >= 4 is 43.7 Å². The molecule has 1 aromatic carbocycles. The lowest BCUT2D eigenvalue weighted by molar-refractivity contribution is 0.601. The van der Waals surface area contributed by atoms with Gasteiger partial charge in [-0.2, -0.15) is 0 Å². The number of rotatable bonds is 4.